The standard InChI is InChI=1S/C16H13ClF3NO/c1-10(11-6-3-5-9-14(11)17)21-15(22)12-7-2-4-8-13(12)16(18,19)20/h2-10H,1H3,(H,21,22)/t10-/m0/s1. The molecule has 1 amide bonds. The van der Waals surface area contributed by atoms with Crippen molar-refractivity contribution in [2.45, 2.75) is 19.1 Å². The third kappa shape index (κ3) is 3.60. The van der Waals surface area contributed by atoms with Gasteiger partial charge in [-0.15, -0.1) is 0 Å². The van der Waals surface area contributed by atoms with Crippen LogP contribution in [0.1, 0.15) is 34.5 Å². The second kappa shape index (κ2) is 6.40. The predicted molar refractivity (Wildman–Crippen MR) is 78.8 cm³/mol. The SMILES string of the molecule is C[C@H](NC(=O)c1ccccc1C(F)(F)F)c1ccccc1Cl. The highest BCUT2D eigenvalue weighted by Gasteiger charge is 2.35. The molecule has 0 aliphatic heterocycles. The minimum atomic E-state index is -4.58. The molecule has 0 aromatic heterocycles. The van der Waals surface area contributed by atoms with Crippen LogP contribution in [0.4, 0.5) is 13.2 Å². The van der Waals surface area contributed by atoms with Crippen molar-refractivity contribution in [1.29, 1.82) is 0 Å². The molecule has 0 fully saturated rings. The van der Waals surface area contributed by atoms with Crippen LogP contribution < -0.4 is 5.32 Å². The Morgan fingerprint density at radius 3 is 2.32 bits per heavy atom. The lowest BCUT2D eigenvalue weighted by molar-refractivity contribution is -0.137. The first kappa shape index (κ1) is 16.4. The van der Waals surface area contributed by atoms with Crippen LogP contribution in [0.25, 0.3) is 0 Å². The van der Waals surface area contributed by atoms with Crippen LogP contribution in [0.2, 0.25) is 5.02 Å². The maximum absolute atomic E-state index is 12.9. The van der Waals surface area contributed by atoms with Gasteiger partial charge >= 0.3 is 6.18 Å². The fraction of sp³-hybridized carbons (Fsp3) is 0.188. The zero-order valence-electron chi connectivity index (χ0n) is 11.6. The van der Waals surface area contributed by atoms with Crippen molar-refractivity contribution in [2.75, 3.05) is 0 Å². The molecule has 0 bridgehead atoms. The number of benzene rings is 2. The number of alkyl halides is 3. The second-order valence-corrected chi connectivity index (χ2v) is 5.17. The second-order valence-electron chi connectivity index (χ2n) is 4.76. The lowest BCUT2D eigenvalue weighted by atomic mass is 10.0. The molecule has 1 atom stereocenters. The highest BCUT2D eigenvalue weighted by molar-refractivity contribution is 6.31. The Bertz CT molecular complexity index is 685. The van der Waals surface area contributed by atoms with E-state index in [2.05, 4.69) is 5.32 Å². The van der Waals surface area contributed by atoms with Crippen molar-refractivity contribution in [3.05, 3.63) is 70.2 Å². The summed E-state index contributed by atoms with van der Waals surface area (Å²) in [6.45, 7) is 1.66. The number of carbonyl (C=O) groups is 1. The first-order chi connectivity index (χ1) is 10.3. The van der Waals surface area contributed by atoms with E-state index in [0.717, 1.165) is 12.1 Å². The summed E-state index contributed by atoms with van der Waals surface area (Å²) in [7, 11) is 0. The molecular weight excluding hydrogens is 315 g/mol. The van der Waals surface area contributed by atoms with Crippen molar-refractivity contribution in [2.24, 2.45) is 0 Å². The molecule has 0 heterocycles. The Kier molecular flexibility index (Phi) is 4.76. The van der Waals surface area contributed by atoms with E-state index in [1.54, 1.807) is 31.2 Å². The molecule has 22 heavy (non-hydrogen) atoms. The van der Waals surface area contributed by atoms with Gasteiger partial charge in [-0.1, -0.05) is 41.9 Å². The number of carbonyl (C=O) groups excluding carboxylic acids is 1. The molecule has 6 heteroatoms. The first-order valence-electron chi connectivity index (χ1n) is 6.52. The van der Waals surface area contributed by atoms with Gasteiger partial charge in [-0.25, -0.2) is 0 Å². The number of rotatable bonds is 3. The van der Waals surface area contributed by atoms with Crippen LogP contribution in [0.15, 0.2) is 48.5 Å². The first-order valence-corrected chi connectivity index (χ1v) is 6.90. The maximum Gasteiger partial charge on any atom is 0.417 e. The van der Waals surface area contributed by atoms with Gasteiger partial charge in [0.2, 0.25) is 0 Å². The fourth-order valence-electron chi connectivity index (χ4n) is 2.11. The van der Waals surface area contributed by atoms with E-state index in [1.807, 2.05) is 0 Å². The van der Waals surface area contributed by atoms with E-state index in [-0.39, 0.29) is 0 Å². The molecule has 2 nitrogen and oxygen atoms in total. The molecule has 2 rings (SSSR count). The van der Waals surface area contributed by atoms with E-state index >= 15 is 0 Å². The highest BCUT2D eigenvalue weighted by atomic mass is 35.5. The topological polar surface area (TPSA) is 29.1 Å². The Morgan fingerprint density at radius 1 is 1.09 bits per heavy atom. The van der Waals surface area contributed by atoms with Gasteiger partial charge in [0, 0.05) is 5.02 Å². The van der Waals surface area contributed by atoms with Crippen LogP contribution in [-0.2, 0) is 6.18 Å². The van der Waals surface area contributed by atoms with Crippen LogP contribution in [0, 0.1) is 0 Å². The zero-order valence-corrected chi connectivity index (χ0v) is 12.4. The number of hydrogen-bond donors (Lipinski definition) is 1. The van der Waals surface area contributed by atoms with Gasteiger partial charge in [0.05, 0.1) is 17.2 Å². The summed E-state index contributed by atoms with van der Waals surface area (Å²) in [6.07, 6.45) is -4.58. The van der Waals surface area contributed by atoms with Gasteiger partial charge in [-0.05, 0) is 30.7 Å². The van der Waals surface area contributed by atoms with Gasteiger partial charge < -0.3 is 5.32 Å². The Labute approximate surface area is 130 Å². The van der Waals surface area contributed by atoms with Crippen LogP contribution in [0.3, 0.4) is 0 Å². The molecule has 2 aromatic rings. The summed E-state index contributed by atoms with van der Waals surface area (Å²) >= 11 is 6.02. The van der Waals surface area contributed by atoms with E-state index in [4.69, 9.17) is 11.6 Å². The fourth-order valence-corrected chi connectivity index (χ4v) is 2.41. The van der Waals surface area contributed by atoms with E-state index in [9.17, 15) is 18.0 Å². The summed E-state index contributed by atoms with van der Waals surface area (Å²) in [6, 6.07) is 11.0. The number of hydrogen-bond acceptors (Lipinski definition) is 1. The van der Waals surface area contributed by atoms with Crippen molar-refractivity contribution in [3.63, 3.8) is 0 Å². The van der Waals surface area contributed by atoms with Gasteiger partial charge in [0.15, 0.2) is 0 Å². The summed E-state index contributed by atoms with van der Waals surface area (Å²) in [4.78, 5) is 12.2. The lowest BCUT2D eigenvalue weighted by Crippen LogP contribution is -2.29. The van der Waals surface area contributed by atoms with Gasteiger partial charge in [0.1, 0.15) is 0 Å². The zero-order chi connectivity index (χ0) is 16.3. The van der Waals surface area contributed by atoms with E-state index in [1.165, 1.54) is 12.1 Å². The van der Waals surface area contributed by atoms with Crippen molar-refractivity contribution < 1.29 is 18.0 Å². The van der Waals surface area contributed by atoms with Crippen LogP contribution in [-0.4, -0.2) is 5.91 Å². The van der Waals surface area contributed by atoms with Crippen molar-refractivity contribution in [3.8, 4) is 0 Å². The van der Waals surface area contributed by atoms with Crippen LogP contribution >= 0.6 is 11.6 Å². The molecule has 0 saturated heterocycles. The van der Waals surface area contributed by atoms with Gasteiger partial charge in [-0.2, -0.15) is 13.2 Å². The normalized spacial score (nSPS) is 12.8. The molecule has 1 N–H and O–H groups in total. The predicted octanol–water partition coefficient (Wildman–Crippen LogP) is 4.85. The molecule has 0 aliphatic rings. The molecule has 0 aliphatic carbocycles. The summed E-state index contributed by atoms with van der Waals surface area (Å²) in [5.41, 5.74) is -0.727. The molecule has 0 unspecified atom stereocenters. The van der Waals surface area contributed by atoms with Gasteiger partial charge in [0.25, 0.3) is 5.91 Å². The highest BCUT2D eigenvalue weighted by Crippen LogP contribution is 2.32. The van der Waals surface area contributed by atoms with Crippen molar-refractivity contribution in [1.82, 2.24) is 5.32 Å². The van der Waals surface area contributed by atoms with Gasteiger partial charge in [-0.3, -0.25) is 4.79 Å². The minimum absolute atomic E-state index is 0.408. The molecule has 0 spiro atoms. The largest absolute Gasteiger partial charge is 0.417 e. The van der Waals surface area contributed by atoms with E-state index < -0.39 is 29.3 Å². The number of nitrogens with one attached hydrogen (secondary N) is 1. The monoisotopic (exact) mass is 327 g/mol. The van der Waals surface area contributed by atoms with Crippen molar-refractivity contribution >= 4 is 17.5 Å². The average Bonchev–Trinajstić information content (AvgIpc) is 2.46. The minimum Gasteiger partial charge on any atom is -0.345 e. The Morgan fingerprint density at radius 2 is 1.68 bits per heavy atom. The maximum atomic E-state index is 12.9. The van der Waals surface area contributed by atoms with Crippen LogP contribution in [0.5, 0.6) is 0 Å². The Hall–Kier alpha value is -2.01. The molecule has 0 saturated carbocycles. The third-order valence-corrected chi connectivity index (χ3v) is 3.54. The smallest absolute Gasteiger partial charge is 0.345 e. The molecule has 0 radical (unpaired) electrons. The summed E-state index contributed by atoms with van der Waals surface area (Å²) < 4.78 is 38.8. The van der Waals surface area contributed by atoms with E-state index in [0.29, 0.717) is 10.6 Å². The summed E-state index contributed by atoms with van der Waals surface area (Å²) in [5.74, 6) is -0.791. The number of halogens is 4. The Balaban J connectivity index is 2.25. The molecule has 2 aromatic carbocycles. The average molecular weight is 328 g/mol. The molecule has 116 valence electrons. The lowest BCUT2D eigenvalue weighted by Gasteiger charge is -2.18. The summed E-state index contributed by atoms with van der Waals surface area (Å²) in [5, 5.41) is 2.99. The third-order valence-electron chi connectivity index (χ3n) is 3.20. The quantitative estimate of drug-likeness (QED) is 0.858. The molecular formula is C16H13ClF3NO. The number of amides is 1.